The molecule has 0 atom stereocenters. The molecule has 2 heterocycles. The molecule has 0 saturated heterocycles. The summed E-state index contributed by atoms with van der Waals surface area (Å²) < 4.78 is 21.4. The Labute approximate surface area is 191 Å². The molecule has 5 rings (SSSR count). The molecule has 0 spiro atoms. The summed E-state index contributed by atoms with van der Waals surface area (Å²) in [7, 11) is 1.49. The molecule has 0 unspecified atom stereocenters. The number of carbonyl (C=O) groups is 1. The van der Waals surface area contributed by atoms with Crippen LogP contribution in [-0.2, 0) is 9.53 Å². The van der Waals surface area contributed by atoms with Crippen molar-refractivity contribution in [3.8, 4) is 5.69 Å². The van der Waals surface area contributed by atoms with Crippen molar-refractivity contribution in [1.29, 1.82) is 0 Å². The average Bonchev–Trinajstić information content (AvgIpc) is 3.40. The smallest absolute Gasteiger partial charge is 0.335 e. The van der Waals surface area contributed by atoms with E-state index < -0.39 is 11.6 Å². The van der Waals surface area contributed by atoms with Gasteiger partial charge in [0, 0.05) is 29.3 Å². The van der Waals surface area contributed by atoms with E-state index in [0.29, 0.717) is 12.8 Å². The highest BCUT2D eigenvalue weighted by atomic mass is 19.1. The predicted molar refractivity (Wildman–Crippen MR) is 126 cm³/mol. The van der Waals surface area contributed by atoms with E-state index in [0.717, 1.165) is 40.3 Å². The number of nitrogens with one attached hydrogen (secondary N) is 1. The quantitative estimate of drug-likeness (QED) is 0.398. The fourth-order valence-electron chi connectivity index (χ4n) is 5.51. The highest BCUT2D eigenvalue weighted by Crippen LogP contribution is 2.47. The summed E-state index contributed by atoms with van der Waals surface area (Å²) in [6.07, 6.45) is 4.20. The average molecular weight is 450 g/mol. The van der Waals surface area contributed by atoms with Gasteiger partial charge in [0.25, 0.3) is 0 Å². The molecule has 2 aromatic carbocycles. The van der Waals surface area contributed by atoms with Gasteiger partial charge < -0.3 is 14.4 Å². The number of carboxylic acids is 1. The summed E-state index contributed by atoms with van der Waals surface area (Å²) in [5, 5.41) is 19.2. The van der Waals surface area contributed by atoms with Crippen molar-refractivity contribution in [2.75, 3.05) is 7.11 Å². The molecule has 0 bridgehead atoms. The third kappa shape index (κ3) is 3.42. The van der Waals surface area contributed by atoms with E-state index in [1.807, 2.05) is 18.3 Å². The number of carboxylic acid groups (broad SMARTS) is 1. The fraction of sp³-hybridized carbons (Fsp3) is 0.385. The second-order valence-electron chi connectivity index (χ2n) is 9.37. The van der Waals surface area contributed by atoms with Crippen LogP contribution in [0.4, 0.5) is 4.39 Å². The monoisotopic (exact) mass is 449 g/mol. The number of methoxy groups -OCH3 is 1. The first-order valence-corrected chi connectivity index (χ1v) is 11.4. The number of halogens is 1. The van der Waals surface area contributed by atoms with Gasteiger partial charge in [-0.25, -0.2) is 9.18 Å². The fourth-order valence-corrected chi connectivity index (χ4v) is 5.51. The molecule has 2 aromatic heterocycles. The highest BCUT2D eigenvalue weighted by molar-refractivity contribution is 5.99. The number of fused-ring (bicyclic) bond motifs is 2. The van der Waals surface area contributed by atoms with Crippen LogP contribution in [0.1, 0.15) is 62.6 Å². The van der Waals surface area contributed by atoms with Gasteiger partial charge in [0.2, 0.25) is 0 Å². The zero-order valence-electron chi connectivity index (χ0n) is 19.1. The zero-order valence-corrected chi connectivity index (χ0v) is 19.1. The molecular weight excluding hydrogens is 421 g/mol. The molecule has 172 valence electrons. The predicted octanol–water partition coefficient (Wildman–Crippen LogP) is 5.90. The summed E-state index contributed by atoms with van der Waals surface area (Å²) >= 11 is 0. The van der Waals surface area contributed by atoms with Crippen LogP contribution in [0.15, 0.2) is 42.6 Å². The topological polar surface area (TPSA) is 80.1 Å². The number of aromatic nitrogens is 3. The van der Waals surface area contributed by atoms with E-state index in [9.17, 15) is 14.3 Å². The van der Waals surface area contributed by atoms with Crippen LogP contribution in [0.25, 0.3) is 27.5 Å². The molecule has 1 aliphatic carbocycles. The Morgan fingerprint density at radius 2 is 1.94 bits per heavy atom. The van der Waals surface area contributed by atoms with Gasteiger partial charge in [-0.15, -0.1) is 0 Å². The van der Waals surface area contributed by atoms with E-state index in [1.54, 1.807) is 0 Å². The van der Waals surface area contributed by atoms with Gasteiger partial charge in [-0.2, -0.15) is 5.10 Å². The van der Waals surface area contributed by atoms with Crippen LogP contribution >= 0.6 is 0 Å². The Morgan fingerprint density at radius 1 is 1.24 bits per heavy atom. The van der Waals surface area contributed by atoms with Gasteiger partial charge >= 0.3 is 5.97 Å². The number of aromatic amines is 1. The van der Waals surface area contributed by atoms with Crippen LogP contribution < -0.4 is 0 Å². The minimum atomic E-state index is -1.11. The third-order valence-electron chi connectivity index (χ3n) is 7.22. The summed E-state index contributed by atoms with van der Waals surface area (Å²) in [6, 6.07) is 10.9. The van der Waals surface area contributed by atoms with Crippen LogP contribution in [0, 0.1) is 5.82 Å². The highest BCUT2D eigenvalue weighted by Gasteiger charge is 2.43. The lowest BCUT2D eigenvalue weighted by Gasteiger charge is -2.36. The number of ether oxygens (including phenoxy) is 1. The van der Waals surface area contributed by atoms with Crippen molar-refractivity contribution < 1.29 is 19.0 Å². The van der Waals surface area contributed by atoms with Crippen LogP contribution in [0.3, 0.4) is 0 Å². The summed E-state index contributed by atoms with van der Waals surface area (Å²) in [5.74, 6) is -0.742. The second-order valence-corrected chi connectivity index (χ2v) is 9.37. The molecule has 2 N–H and O–H groups in total. The summed E-state index contributed by atoms with van der Waals surface area (Å²) in [6.45, 7) is 4.34. The van der Waals surface area contributed by atoms with Gasteiger partial charge in [0.15, 0.2) is 5.60 Å². The molecule has 1 fully saturated rings. The number of benzene rings is 2. The normalized spacial score (nSPS) is 21.3. The molecule has 0 amide bonds. The van der Waals surface area contributed by atoms with Crippen molar-refractivity contribution in [2.45, 2.75) is 57.0 Å². The molecule has 33 heavy (non-hydrogen) atoms. The Balaban J connectivity index is 1.73. The minimum Gasteiger partial charge on any atom is -0.479 e. The number of aliphatic carboxylic acids is 1. The maximum absolute atomic E-state index is 13.7. The number of H-pyrrole nitrogens is 1. The van der Waals surface area contributed by atoms with Crippen molar-refractivity contribution in [3.05, 3.63) is 59.7 Å². The Kier molecular flexibility index (Phi) is 5.24. The molecule has 7 heteroatoms. The Hall–Kier alpha value is -3.19. The van der Waals surface area contributed by atoms with Crippen molar-refractivity contribution in [1.82, 2.24) is 14.8 Å². The minimum absolute atomic E-state index is 0.203. The molecule has 6 nitrogen and oxygen atoms in total. The molecule has 1 saturated carbocycles. The van der Waals surface area contributed by atoms with Crippen molar-refractivity contribution in [3.63, 3.8) is 0 Å². The second kappa shape index (κ2) is 7.99. The van der Waals surface area contributed by atoms with E-state index in [1.165, 1.54) is 30.5 Å². The van der Waals surface area contributed by atoms with Crippen molar-refractivity contribution in [2.24, 2.45) is 0 Å². The van der Waals surface area contributed by atoms with E-state index in [4.69, 9.17) is 4.74 Å². The van der Waals surface area contributed by atoms with Gasteiger partial charge in [-0.05, 0) is 79.5 Å². The van der Waals surface area contributed by atoms with E-state index >= 15 is 0 Å². The van der Waals surface area contributed by atoms with Gasteiger partial charge in [-0.1, -0.05) is 13.8 Å². The molecule has 0 aliphatic heterocycles. The first-order chi connectivity index (χ1) is 15.8. The standard InChI is InChI=1S/C26H28FN3O3/c1-15(2)24-23(16-8-10-26(33-3,11-9-16)25(31)32)20-13-21-17(14-28-29-21)12-22(20)30(24)19-6-4-18(27)5-7-19/h4-7,12-16H,8-11H2,1-3H3,(H,28,29)(H,31,32)/t16-,26+. The number of rotatable bonds is 5. The third-order valence-corrected chi connectivity index (χ3v) is 7.22. The van der Waals surface area contributed by atoms with Gasteiger partial charge in [0.1, 0.15) is 5.82 Å². The number of hydrogen-bond acceptors (Lipinski definition) is 3. The first kappa shape index (κ1) is 21.6. The van der Waals surface area contributed by atoms with E-state index in [2.05, 4.69) is 40.7 Å². The number of hydrogen-bond donors (Lipinski definition) is 2. The Bertz CT molecular complexity index is 1330. The lowest BCUT2D eigenvalue weighted by atomic mass is 9.74. The molecule has 4 aromatic rings. The van der Waals surface area contributed by atoms with Crippen molar-refractivity contribution >= 4 is 27.8 Å². The van der Waals surface area contributed by atoms with Gasteiger partial charge in [-0.3, -0.25) is 5.10 Å². The summed E-state index contributed by atoms with van der Waals surface area (Å²) in [5.41, 5.74) is 4.24. The first-order valence-electron chi connectivity index (χ1n) is 11.4. The van der Waals surface area contributed by atoms with Crippen LogP contribution in [-0.4, -0.2) is 38.6 Å². The largest absolute Gasteiger partial charge is 0.479 e. The van der Waals surface area contributed by atoms with Gasteiger partial charge in [0.05, 0.1) is 17.2 Å². The summed E-state index contributed by atoms with van der Waals surface area (Å²) in [4.78, 5) is 11.9. The lowest BCUT2D eigenvalue weighted by Crippen LogP contribution is -2.43. The Morgan fingerprint density at radius 3 is 2.55 bits per heavy atom. The van der Waals surface area contributed by atoms with Crippen LogP contribution in [0.5, 0.6) is 0 Å². The molecule has 0 radical (unpaired) electrons. The lowest BCUT2D eigenvalue weighted by molar-refractivity contribution is -0.166. The maximum atomic E-state index is 13.7. The zero-order chi connectivity index (χ0) is 23.3. The molecular formula is C26H28FN3O3. The van der Waals surface area contributed by atoms with Crippen LogP contribution in [0.2, 0.25) is 0 Å². The van der Waals surface area contributed by atoms with E-state index in [-0.39, 0.29) is 17.7 Å². The SMILES string of the molecule is CO[C@]1(C(=O)O)CC[C@H](c2c(C(C)C)n(-c3ccc(F)cc3)c3cc4cn[nH]c4cc32)CC1. The number of nitrogens with zero attached hydrogens (tertiary/aromatic N) is 2. The molecule has 1 aliphatic rings. The maximum Gasteiger partial charge on any atom is 0.335 e.